The summed E-state index contributed by atoms with van der Waals surface area (Å²) < 4.78 is 5.22. The molecule has 0 amide bonds. The molecule has 0 saturated heterocycles. The van der Waals surface area contributed by atoms with E-state index < -0.39 is 0 Å². The molecule has 1 aromatic heterocycles. The van der Waals surface area contributed by atoms with E-state index in [1.165, 1.54) is 0 Å². The van der Waals surface area contributed by atoms with E-state index in [1.807, 2.05) is 18.5 Å². The number of nitrogens with zero attached hydrogens (tertiary/aromatic N) is 1. The second-order valence-electron chi connectivity index (χ2n) is 2.65. The van der Waals surface area contributed by atoms with Gasteiger partial charge in [-0.15, -0.1) is 11.3 Å². The smallest absolute Gasteiger partial charge is 0.106 e. The van der Waals surface area contributed by atoms with Gasteiger partial charge in [-0.05, 0) is 19.9 Å². The Morgan fingerprint density at radius 3 is 3.23 bits per heavy atom. The lowest BCUT2D eigenvalue weighted by molar-refractivity contribution is 0.144. The van der Waals surface area contributed by atoms with E-state index in [0.29, 0.717) is 0 Å². The Morgan fingerprint density at radius 1 is 1.62 bits per heavy atom. The van der Waals surface area contributed by atoms with Crippen molar-refractivity contribution in [1.82, 2.24) is 10.3 Å². The molecule has 4 heteroatoms. The monoisotopic (exact) mass is 200 g/mol. The third-order valence-corrected chi connectivity index (χ3v) is 2.39. The molecule has 1 rings (SSSR count). The number of thiazole rings is 1. The van der Waals surface area contributed by atoms with Crippen molar-refractivity contribution in [3.05, 3.63) is 16.6 Å². The van der Waals surface area contributed by atoms with E-state index in [2.05, 4.69) is 10.3 Å². The molecule has 3 nitrogen and oxygen atoms in total. The van der Waals surface area contributed by atoms with Gasteiger partial charge >= 0.3 is 0 Å². The SMILES string of the molecule is CCOCCCNCc1nccs1. The summed E-state index contributed by atoms with van der Waals surface area (Å²) >= 11 is 1.69. The molecule has 13 heavy (non-hydrogen) atoms. The molecule has 1 N–H and O–H groups in total. The lowest BCUT2D eigenvalue weighted by atomic mass is 10.4. The molecule has 0 aliphatic rings. The molecular formula is C9H16N2OS. The minimum atomic E-state index is 0.812. The summed E-state index contributed by atoms with van der Waals surface area (Å²) in [6, 6.07) is 0. The predicted molar refractivity (Wildman–Crippen MR) is 54.9 cm³/mol. The van der Waals surface area contributed by atoms with Crippen molar-refractivity contribution in [3.63, 3.8) is 0 Å². The van der Waals surface area contributed by atoms with Gasteiger partial charge in [0.25, 0.3) is 0 Å². The van der Waals surface area contributed by atoms with E-state index in [1.54, 1.807) is 11.3 Å². The molecule has 0 spiro atoms. The van der Waals surface area contributed by atoms with Gasteiger partial charge in [-0.2, -0.15) is 0 Å². The lowest BCUT2D eigenvalue weighted by Crippen LogP contribution is -2.16. The van der Waals surface area contributed by atoms with Crippen molar-refractivity contribution in [2.75, 3.05) is 19.8 Å². The zero-order chi connectivity index (χ0) is 9.36. The first-order valence-corrected chi connectivity index (χ1v) is 5.48. The fraction of sp³-hybridized carbons (Fsp3) is 0.667. The fourth-order valence-corrected chi connectivity index (χ4v) is 1.57. The second kappa shape index (κ2) is 7.00. The maximum atomic E-state index is 5.22. The average Bonchev–Trinajstić information content (AvgIpc) is 2.63. The Labute approximate surface area is 83.1 Å². The van der Waals surface area contributed by atoms with Crippen LogP contribution in [0.1, 0.15) is 18.4 Å². The summed E-state index contributed by atoms with van der Waals surface area (Å²) in [5, 5.41) is 6.46. The summed E-state index contributed by atoms with van der Waals surface area (Å²) in [4.78, 5) is 4.17. The molecule has 1 heterocycles. The third-order valence-electron chi connectivity index (χ3n) is 1.61. The van der Waals surface area contributed by atoms with Gasteiger partial charge in [-0.1, -0.05) is 0 Å². The molecule has 0 aromatic carbocycles. The molecule has 0 radical (unpaired) electrons. The molecule has 0 unspecified atom stereocenters. The molecule has 0 atom stereocenters. The quantitative estimate of drug-likeness (QED) is 0.680. The highest BCUT2D eigenvalue weighted by molar-refractivity contribution is 7.09. The Morgan fingerprint density at radius 2 is 2.54 bits per heavy atom. The summed E-state index contributed by atoms with van der Waals surface area (Å²) in [7, 11) is 0. The minimum Gasteiger partial charge on any atom is -0.382 e. The van der Waals surface area contributed by atoms with Gasteiger partial charge in [0.2, 0.25) is 0 Å². The maximum absolute atomic E-state index is 5.22. The van der Waals surface area contributed by atoms with Crippen molar-refractivity contribution in [3.8, 4) is 0 Å². The first-order valence-electron chi connectivity index (χ1n) is 4.60. The normalized spacial score (nSPS) is 10.5. The molecule has 0 bridgehead atoms. The number of ether oxygens (including phenoxy) is 1. The van der Waals surface area contributed by atoms with Crippen LogP contribution < -0.4 is 5.32 Å². The van der Waals surface area contributed by atoms with Crippen LogP contribution in [0.3, 0.4) is 0 Å². The molecular weight excluding hydrogens is 184 g/mol. The molecule has 0 saturated carbocycles. The van der Waals surface area contributed by atoms with E-state index in [0.717, 1.165) is 37.7 Å². The molecule has 0 aliphatic heterocycles. The number of aromatic nitrogens is 1. The first kappa shape index (κ1) is 10.6. The van der Waals surface area contributed by atoms with Gasteiger partial charge in [0, 0.05) is 31.3 Å². The zero-order valence-corrected chi connectivity index (χ0v) is 8.77. The van der Waals surface area contributed by atoms with Crippen LogP contribution in [-0.2, 0) is 11.3 Å². The number of nitrogens with one attached hydrogen (secondary N) is 1. The number of hydrogen-bond donors (Lipinski definition) is 1. The topological polar surface area (TPSA) is 34.1 Å². The first-order chi connectivity index (χ1) is 6.43. The van der Waals surface area contributed by atoms with Gasteiger partial charge in [-0.3, -0.25) is 0 Å². The van der Waals surface area contributed by atoms with Crippen LogP contribution in [0, 0.1) is 0 Å². The van der Waals surface area contributed by atoms with Crippen molar-refractivity contribution in [2.45, 2.75) is 19.9 Å². The fourth-order valence-electron chi connectivity index (χ4n) is 0.979. The number of hydrogen-bond acceptors (Lipinski definition) is 4. The van der Waals surface area contributed by atoms with Crippen LogP contribution in [0.2, 0.25) is 0 Å². The van der Waals surface area contributed by atoms with Gasteiger partial charge in [-0.25, -0.2) is 4.98 Å². The van der Waals surface area contributed by atoms with Crippen LogP contribution >= 0.6 is 11.3 Å². The average molecular weight is 200 g/mol. The summed E-state index contributed by atoms with van der Waals surface area (Å²) in [6.07, 6.45) is 2.90. The Kier molecular flexibility index (Phi) is 5.73. The predicted octanol–water partition coefficient (Wildman–Crippen LogP) is 1.66. The van der Waals surface area contributed by atoms with Crippen molar-refractivity contribution >= 4 is 11.3 Å². The van der Waals surface area contributed by atoms with Gasteiger partial charge < -0.3 is 10.1 Å². The second-order valence-corrected chi connectivity index (χ2v) is 3.63. The van der Waals surface area contributed by atoms with E-state index >= 15 is 0 Å². The zero-order valence-electron chi connectivity index (χ0n) is 7.95. The van der Waals surface area contributed by atoms with E-state index in [-0.39, 0.29) is 0 Å². The lowest BCUT2D eigenvalue weighted by Gasteiger charge is -2.02. The van der Waals surface area contributed by atoms with Gasteiger partial charge in [0.1, 0.15) is 5.01 Å². The summed E-state index contributed by atoms with van der Waals surface area (Å²) in [5.41, 5.74) is 0. The highest BCUT2D eigenvalue weighted by atomic mass is 32.1. The largest absolute Gasteiger partial charge is 0.382 e. The Bertz CT molecular complexity index is 201. The standard InChI is InChI=1S/C9H16N2OS/c1-2-12-6-3-4-10-8-9-11-5-7-13-9/h5,7,10H,2-4,6,8H2,1H3. The van der Waals surface area contributed by atoms with Crippen molar-refractivity contribution in [1.29, 1.82) is 0 Å². The Hall–Kier alpha value is -0.450. The van der Waals surface area contributed by atoms with Crippen molar-refractivity contribution < 1.29 is 4.74 Å². The van der Waals surface area contributed by atoms with Crippen LogP contribution in [0.5, 0.6) is 0 Å². The minimum absolute atomic E-state index is 0.812. The Balaban J connectivity index is 1.90. The van der Waals surface area contributed by atoms with Crippen molar-refractivity contribution in [2.24, 2.45) is 0 Å². The summed E-state index contributed by atoms with van der Waals surface area (Å²) in [6.45, 7) is 5.56. The van der Waals surface area contributed by atoms with Crippen LogP contribution in [0.15, 0.2) is 11.6 Å². The molecule has 0 fully saturated rings. The molecule has 1 aromatic rings. The van der Waals surface area contributed by atoms with Gasteiger partial charge in [0.15, 0.2) is 0 Å². The molecule has 0 aliphatic carbocycles. The third kappa shape index (κ3) is 4.98. The summed E-state index contributed by atoms with van der Waals surface area (Å²) in [5.74, 6) is 0. The van der Waals surface area contributed by atoms with Crippen LogP contribution in [0.4, 0.5) is 0 Å². The molecule has 74 valence electrons. The highest BCUT2D eigenvalue weighted by Gasteiger charge is 1.93. The van der Waals surface area contributed by atoms with Crippen LogP contribution in [0.25, 0.3) is 0 Å². The van der Waals surface area contributed by atoms with E-state index in [9.17, 15) is 0 Å². The van der Waals surface area contributed by atoms with Crippen LogP contribution in [-0.4, -0.2) is 24.7 Å². The van der Waals surface area contributed by atoms with Gasteiger partial charge in [0.05, 0.1) is 0 Å². The maximum Gasteiger partial charge on any atom is 0.106 e. The van der Waals surface area contributed by atoms with E-state index in [4.69, 9.17) is 4.74 Å². The highest BCUT2D eigenvalue weighted by Crippen LogP contribution is 2.02. The number of rotatable bonds is 7.